The third-order valence-electron chi connectivity index (χ3n) is 9.14. The van der Waals surface area contributed by atoms with Gasteiger partial charge in [-0.3, -0.25) is 0 Å². The average molecular weight is 322 g/mol. The van der Waals surface area contributed by atoms with Gasteiger partial charge in [-0.1, -0.05) is 13.8 Å². The fourth-order valence-electron chi connectivity index (χ4n) is 7.72. The molecule has 0 heterocycles. The third kappa shape index (κ3) is 2.12. The zero-order valence-electron chi connectivity index (χ0n) is 14.7. The maximum Gasteiger partial charge on any atom is 0.0832 e. The predicted molar refractivity (Wildman–Crippen MR) is 89.7 cm³/mol. The van der Waals surface area contributed by atoms with Crippen molar-refractivity contribution in [3.05, 3.63) is 0 Å². The van der Waals surface area contributed by atoms with Crippen molar-refractivity contribution in [2.45, 2.75) is 77.4 Å². The molecule has 0 saturated heterocycles. The van der Waals surface area contributed by atoms with Crippen LogP contribution in [-0.2, 0) is 0 Å². The number of hydrogen-bond donors (Lipinski definition) is 3. The molecule has 3 nitrogen and oxygen atoms in total. The van der Waals surface area contributed by atoms with Gasteiger partial charge in [0.05, 0.1) is 12.2 Å². The largest absolute Gasteiger partial charge is 0.396 e. The van der Waals surface area contributed by atoms with Gasteiger partial charge in [0.1, 0.15) is 0 Å². The minimum atomic E-state index is -0.517. The molecule has 4 saturated carbocycles. The number of hydrogen-bond acceptors (Lipinski definition) is 3. The first-order valence-corrected chi connectivity index (χ1v) is 9.89. The summed E-state index contributed by atoms with van der Waals surface area (Å²) in [6.45, 7) is 5.20. The molecule has 4 aliphatic rings. The molecular formula is C20H34O3. The van der Waals surface area contributed by atoms with E-state index in [1.54, 1.807) is 0 Å². The quantitative estimate of drug-likeness (QED) is 0.695. The van der Waals surface area contributed by atoms with Crippen molar-refractivity contribution in [1.29, 1.82) is 0 Å². The van der Waals surface area contributed by atoms with E-state index in [-0.39, 0.29) is 11.3 Å². The first kappa shape index (κ1) is 16.4. The summed E-state index contributed by atoms with van der Waals surface area (Å²) < 4.78 is 0. The van der Waals surface area contributed by atoms with Gasteiger partial charge in [0.2, 0.25) is 0 Å². The second-order valence-electron chi connectivity index (χ2n) is 9.66. The van der Waals surface area contributed by atoms with Crippen molar-refractivity contribution in [2.24, 2.45) is 40.4 Å². The Morgan fingerprint density at radius 2 is 1.43 bits per heavy atom. The van der Waals surface area contributed by atoms with Crippen LogP contribution in [0.4, 0.5) is 0 Å². The normalized spacial score (nSPS) is 59.1. The number of aliphatic hydroxyl groups excluding tert-OH is 3. The van der Waals surface area contributed by atoms with Crippen molar-refractivity contribution in [1.82, 2.24) is 0 Å². The summed E-state index contributed by atoms with van der Waals surface area (Å²) in [6.07, 6.45) is 8.08. The summed E-state index contributed by atoms with van der Waals surface area (Å²) in [6, 6.07) is 0. The Kier molecular flexibility index (Phi) is 3.87. The van der Waals surface area contributed by atoms with Gasteiger partial charge in [0, 0.05) is 6.61 Å². The highest BCUT2D eigenvalue weighted by atomic mass is 16.3. The molecule has 3 heteroatoms. The Hall–Kier alpha value is -0.120. The second kappa shape index (κ2) is 5.44. The van der Waals surface area contributed by atoms with Crippen LogP contribution >= 0.6 is 0 Å². The molecule has 0 radical (unpaired) electrons. The van der Waals surface area contributed by atoms with E-state index in [0.29, 0.717) is 23.9 Å². The van der Waals surface area contributed by atoms with Crippen molar-refractivity contribution >= 4 is 0 Å². The zero-order valence-corrected chi connectivity index (χ0v) is 14.7. The fourth-order valence-corrected chi connectivity index (χ4v) is 7.72. The van der Waals surface area contributed by atoms with E-state index in [1.165, 1.54) is 32.1 Å². The summed E-state index contributed by atoms with van der Waals surface area (Å²) in [5.74, 6) is 3.03. The molecule has 0 aliphatic heterocycles. The predicted octanol–water partition coefficient (Wildman–Crippen LogP) is 2.97. The maximum atomic E-state index is 10.6. The van der Waals surface area contributed by atoms with Crippen LogP contribution < -0.4 is 0 Å². The number of aliphatic hydroxyl groups is 3. The van der Waals surface area contributed by atoms with E-state index in [1.807, 2.05) is 0 Å². The first-order chi connectivity index (χ1) is 10.9. The molecule has 3 N–H and O–H groups in total. The Labute approximate surface area is 140 Å². The average Bonchev–Trinajstić information content (AvgIpc) is 2.88. The molecule has 9 atom stereocenters. The van der Waals surface area contributed by atoms with Gasteiger partial charge in [-0.25, -0.2) is 0 Å². The minimum Gasteiger partial charge on any atom is -0.396 e. The molecule has 0 spiro atoms. The lowest BCUT2D eigenvalue weighted by molar-refractivity contribution is -0.174. The van der Waals surface area contributed by atoms with Crippen molar-refractivity contribution in [2.75, 3.05) is 6.61 Å². The minimum absolute atomic E-state index is 0.209. The van der Waals surface area contributed by atoms with Gasteiger partial charge in [0.15, 0.2) is 0 Å². The molecule has 0 aromatic carbocycles. The molecule has 4 rings (SSSR count). The third-order valence-corrected chi connectivity index (χ3v) is 9.14. The van der Waals surface area contributed by atoms with Crippen molar-refractivity contribution in [3.8, 4) is 0 Å². The summed E-state index contributed by atoms with van der Waals surface area (Å²) >= 11 is 0. The van der Waals surface area contributed by atoms with Gasteiger partial charge in [-0.2, -0.15) is 0 Å². The lowest BCUT2D eigenvalue weighted by Crippen LogP contribution is -2.58. The molecule has 23 heavy (non-hydrogen) atoms. The van der Waals surface area contributed by atoms with Gasteiger partial charge in [-0.15, -0.1) is 0 Å². The van der Waals surface area contributed by atoms with Crippen LogP contribution in [0.1, 0.15) is 65.2 Å². The van der Waals surface area contributed by atoms with E-state index < -0.39 is 12.2 Å². The summed E-state index contributed by atoms with van der Waals surface area (Å²) in [4.78, 5) is 0. The van der Waals surface area contributed by atoms with Gasteiger partial charge in [-0.05, 0) is 91.8 Å². The van der Waals surface area contributed by atoms with Gasteiger partial charge >= 0.3 is 0 Å². The topological polar surface area (TPSA) is 60.7 Å². The summed E-state index contributed by atoms with van der Waals surface area (Å²) in [7, 11) is 0. The Morgan fingerprint density at radius 3 is 2.17 bits per heavy atom. The van der Waals surface area contributed by atoms with Gasteiger partial charge in [0.25, 0.3) is 0 Å². The van der Waals surface area contributed by atoms with Crippen molar-refractivity contribution in [3.63, 3.8) is 0 Å². The summed E-state index contributed by atoms with van der Waals surface area (Å²) in [5.41, 5.74) is 0.548. The molecule has 4 fully saturated rings. The van der Waals surface area contributed by atoms with Crippen LogP contribution in [0.25, 0.3) is 0 Å². The van der Waals surface area contributed by atoms with Crippen LogP contribution in [0.15, 0.2) is 0 Å². The molecule has 0 unspecified atom stereocenters. The monoisotopic (exact) mass is 322 g/mol. The van der Waals surface area contributed by atoms with E-state index >= 15 is 0 Å². The van der Waals surface area contributed by atoms with Crippen molar-refractivity contribution < 1.29 is 15.3 Å². The van der Waals surface area contributed by atoms with Crippen LogP contribution in [0.3, 0.4) is 0 Å². The zero-order chi connectivity index (χ0) is 16.4. The van der Waals surface area contributed by atoms with Crippen LogP contribution in [0.2, 0.25) is 0 Å². The molecule has 0 aromatic rings. The second-order valence-corrected chi connectivity index (χ2v) is 9.66. The Balaban J connectivity index is 1.62. The highest BCUT2D eigenvalue weighted by Gasteiger charge is 2.61. The smallest absolute Gasteiger partial charge is 0.0832 e. The molecule has 0 aromatic heterocycles. The van der Waals surface area contributed by atoms with Crippen LogP contribution in [0, 0.1) is 40.4 Å². The standard InChI is InChI=1S/C20H34O3/c1-19-9-7-15-13(14(19)5-3-12(19)11-21)4-6-16-18(23)17(22)8-10-20(15,16)2/h12-18,21-23H,3-11H2,1-2H3/t12-,13+,14+,15+,16+,17+,18+,19-,20-/m1/s1. The fraction of sp³-hybridized carbons (Fsp3) is 1.00. The molecular weight excluding hydrogens is 288 g/mol. The Morgan fingerprint density at radius 1 is 0.783 bits per heavy atom. The molecule has 4 aliphatic carbocycles. The Bertz CT molecular complexity index is 466. The highest BCUT2D eigenvalue weighted by molar-refractivity contribution is 5.10. The highest BCUT2D eigenvalue weighted by Crippen LogP contribution is 2.67. The molecule has 0 bridgehead atoms. The molecule has 132 valence electrons. The van der Waals surface area contributed by atoms with E-state index in [0.717, 1.165) is 31.1 Å². The molecule has 0 amide bonds. The maximum absolute atomic E-state index is 10.6. The first-order valence-electron chi connectivity index (χ1n) is 9.89. The SMILES string of the molecule is C[C@]12CC[C@H](O)[C@@H](O)[C@@H]1CC[C@@H]1[C@@H]2CC[C@]2(C)[C@@H](CO)CC[C@@H]12. The summed E-state index contributed by atoms with van der Waals surface area (Å²) in [5, 5.41) is 30.5. The van der Waals surface area contributed by atoms with E-state index in [4.69, 9.17) is 0 Å². The van der Waals surface area contributed by atoms with Crippen LogP contribution in [0.5, 0.6) is 0 Å². The van der Waals surface area contributed by atoms with Gasteiger partial charge < -0.3 is 15.3 Å². The van der Waals surface area contributed by atoms with E-state index in [9.17, 15) is 15.3 Å². The number of fused-ring (bicyclic) bond motifs is 5. The lowest BCUT2D eigenvalue weighted by Gasteiger charge is -2.61. The van der Waals surface area contributed by atoms with Crippen LogP contribution in [-0.4, -0.2) is 34.1 Å². The number of rotatable bonds is 1. The van der Waals surface area contributed by atoms with E-state index in [2.05, 4.69) is 13.8 Å². The lowest BCUT2D eigenvalue weighted by atomic mass is 9.44.